The van der Waals surface area contributed by atoms with Gasteiger partial charge >= 0.3 is 0 Å². The summed E-state index contributed by atoms with van der Waals surface area (Å²) < 4.78 is 7.84. The molecular weight excluding hydrogens is 452 g/mol. The Balaban J connectivity index is 1.52. The molecule has 3 heterocycles. The predicted molar refractivity (Wildman–Crippen MR) is 141 cm³/mol. The number of pyridine rings is 1. The largest absolute Gasteiger partial charge is 0.376 e. The summed E-state index contributed by atoms with van der Waals surface area (Å²) in [4.78, 5) is 19.0. The van der Waals surface area contributed by atoms with Gasteiger partial charge in [-0.3, -0.25) is 9.69 Å². The quantitative estimate of drug-likeness (QED) is 0.484. The van der Waals surface area contributed by atoms with Crippen molar-refractivity contribution in [2.24, 2.45) is 5.92 Å². The van der Waals surface area contributed by atoms with Crippen LogP contribution in [0, 0.1) is 19.8 Å². The third-order valence-corrected chi connectivity index (χ3v) is 8.15. The molecule has 36 heavy (non-hydrogen) atoms. The third-order valence-electron chi connectivity index (χ3n) is 8.15. The maximum Gasteiger partial charge on any atom is 0.252 e. The summed E-state index contributed by atoms with van der Waals surface area (Å²) >= 11 is 0. The molecule has 2 aromatic heterocycles. The highest BCUT2D eigenvalue weighted by atomic mass is 16.5. The van der Waals surface area contributed by atoms with Crippen molar-refractivity contribution in [3.05, 3.63) is 51.1 Å². The van der Waals surface area contributed by atoms with E-state index in [1.807, 2.05) is 4.68 Å². The van der Waals surface area contributed by atoms with Gasteiger partial charge in [-0.15, -0.1) is 5.10 Å². The van der Waals surface area contributed by atoms with E-state index in [1.54, 1.807) is 0 Å². The van der Waals surface area contributed by atoms with E-state index in [2.05, 4.69) is 71.3 Å². The zero-order chi connectivity index (χ0) is 25.2. The van der Waals surface area contributed by atoms with Crippen molar-refractivity contribution in [1.29, 1.82) is 0 Å². The zero-order valence-electron chi connectivity index (χ0n) is 22.2. The van der Waals surface area contributed by atoms with E-state index in [9.17, 15) is 4.79 Å². The van der Waals surface area contributed by atoms with Crippen molar-refractivity contribution >= 4 is 10.9 Å². The van der Waals surface area contributed by atoms with E-state index < -0.39 is 0 Å². The lowest BCUT2D eigenvalue weighted by Gasteiger charge is -2.41. The van der Waals surface area contributed by atoms with Crippen LogP contribution in [0.4, 0.5) is 0 Å². The van der Waals surface area contributed by atoms with Gasteiger partial charge in [0.05, 0.1) is 18.7 Å². The molecular formula is C28H40N6O2. The summed E-state index contributed by atoms with van der Waals surface area (Å²) in [6.45, 7) is 10.8. The fourth-order valence-corrected chi connectivity index (χ4v) is 6.07. The Labute approximate surface area is 213 Å². The standard InChI is InChI=1S/C28H40N6O2/c1-18(2)26(27-30-31-32-34(27)17-24-11-8-12-36-24)33(23-9-6-5-7-10-23)16-22-15-21-13-19(3)20(4)14-25(21)29-28(22)35/h13-15,18,23-24,26H,5-12,16-17H2,1-4H3,(H,29,35). The van der Waals surface area contributed by atoms with Crippen LogP contribution in [-0.4, -0.2) is 48.8 Å². The number of aryl methyl sites for hydroxylation is 2. The molecule has 2 fully saturated rings. The number of ether oxygens (including phenoxy) is 1. The molecule has 1 saturated heterocycles. The van der Waals surface area contributed by atoms with Crippen LogP contribution in [0.25, 0.3) is 10.9 Å². The molecule has 194 valence electrons. The lowest BCUT2D eigenvalue weighted by atomic mass is 9.90. The minimum Gasteiger partial charge on any atom is -0.376 e. The first-order valence-electron chi connectivity index (χ1n) is 13.7. The van der Waals surface area contributed by atoms with Crippen LogP contribution in [0.2, 0.25) is 0 Å². The summed E-state index contributed by atoms with van der Waals surface area (Å²) in [6, 6.07) is 6.75. The van der Waals surface area contributed by atoms with Gasteiger partial charge in [-0.05, 0) is 90.6 Å². The monoisotopic (exact) mass is 492 g/mol. The normalized spacial score (nSPS) is 20.1. The van der Waals surface area contributed by atoms with E-state index in [4.69, 9.17) is 4.74 Å². The molecule has 3 aromatic rings. The lowest BCUT2D eigenvalue weighted by Crippen LogP contribution is -2.43. The van der Waals surface area contributed by atoms with Crippen molar-refractivity contribution in [2.45, 2.75) is 104 Å². The zero-order valence-corrected chi connectivity index (χ0v) is 22.2. The number of rotatable bonds is 8. The molecule has 8 nitrogen and oxygen atoms in total. The first-order chi connectivity index (χ1) is 17.4. The van der Waals surface area contributed by atoms with Gasteiger partial charge in [-0.2, -0.15) is 0 Å². The Morgan fingerprint density at radius 1 is 1.08 bits per heavy atom. The van der Waals surface area contributed by atoms with Crippen LogP contribution < -0.4 is 5.56 Å². The number of nitrogens with one attached hydrogen (secondary N) is 1. The summed E-state index contributed by atoms with van der Waals surface area (Å²) in [5, 5.41) is 14.1. The van der Waals surface area contributed by atoms with Gasteiger partial charge in [0, 0.05) is 30.3 Å². The number of nitrogens with zero attached hydrogens (tertiary/aromatic N) is 5. The van der Waals surface area contributed by atoms with Gasteiger partial charge in [0.2, 0.25) is 0 Å². The molecule has 0 spiro atoms. The first-order valence-corrected chi connectivity index (χ1v) is 13.7. The maximum atomic E-state index is 13.3. The van der Waals surface area contributed by atoms with E-state index in [0.29, 0.717) is 19.1 Å². The van der Waals surface area contributed by atoms with Crippen LogP contribution in [0.3, 0.4) is 0 Å². The second-order valence-electron chi connectivity index (χ2n) is 11.2. The molecule has 5 rings (SSSR count). The summed E-state index contributed by atoms with van der Waals surface area (Å²) in [7, 11) is 0. The Bertz CT molecular complexity index is 1240. The number of H-pyrrole nitrogens is 1. The van der Waals surface area contributed by atoms with Gasteiger partial charge in [0.25, 0.3) is 5.56 Å². The lowest BCUT2D eigenvalue weighted by molar-refractivity contribution is 0.0553. The molecule has 2 unspecified atom stereocenters. The predicted octanol–water partition coefficient (Wildman–Crippen LogP) is 4.84. The molecule has 1 aromatic carbocycles. The number of aromatic nitrogens is 5. The Morgan fingerprint density at radius 2 is 1.86 bits per heavy atom. The minimum absolute atomic E-state index is 0.00647. The van der Waals surface area contributed by atoms with Crippen molar-refractivity contribution in [1.82, 2.24) is 30.1 Å². The molecule has 0 radical (unpaired) electrons. The van der Waals surface area contributed by atoms with Gasteiger partial charge in [0.1, 0.15) is 0 Å². The molecule has 8 heteroatoms. The first kappa shape index (κ1) is 25.1. The van der Waals surface area contributed by atoms with Crippen LogP contribution >= 0.6 is 0 Å². The number of benzene rings is 1. The molecule has 1 N–H and O–H groups in total. The minimum atomic E-state index is -0.00647. The van der Waals surface area contributed by atoms with Crippen LogP contribution in [0.5, 0.6) is 0 Å². The number of aromatic amines is 1. The summed E-state index contributed by atoms with van der Waals surface area (Å²) in [6.07, 6.45) is 8.30. The maximum absolute atomic E-state index is 13.3. The Hall–Kier alpha value is -2.58. The van der Waals surface area contributed by atoms with E-state index in [0.717, 1.165) is 54.6 Å². The van der Waals surface area contributed by atoms with Crippen LogP contribution in [0.15, 0.2) is 23.0 Å². The highest BCUT2D eigenvalue weighted by Crippen LogP contribution is 2.35. The van der Waals surface area contributed by atoms with Gasteiger partial charge in [-0.25, -0.2) is 4.68 Å². The molecule has 2 aliphatic rings. The third kappa shape index (κ3) is 5.25. The van der Waals surface area contributed by atoms with Crippen molar-refractivity contribution < 1.29 is 4.74 Å². The fourth-order valence-electron chi connectivity index (χ4n) is 6.07. The number of hydrogen-bond donors (Lipinski definition) is 1. The van der Waals surface area contributed by atoms with Crippen molar-refractivity contribution in [3.63, 3.8) is 0 Å². The molecule has 0 bridgehead atoms. The summed E-state index contributed by atoms with van der Waals surface area (Å²) in [5.41, 5.74) is 4.12. The number of fused-ring (bicyclic) bond motifs is 1. The van der Waals surface area contributed by atoms with E-state index >= 15 is 0 Å². The second-order valence-corrected chi connectivity index (χ2v) is 11.2. The topological polar surface area (TPSA) is 88.9 Å². The molecule has 1 saturated carbocycles. The van der Waals surface area contributed by atoms with E-state index in [-0.39, 0.29) is 23.6 Å². The van der Waals surface area contributed by atoms with Crippen molar-refractivity contribution in [3.8, 4) is 0 Å². The fraction of sp³-hybridized carbons (Fsp3) is 0.643. The SMILES string of the molecule is Cc1cc2cc(CN(C3CCCCC3)C(c3nnnn3CC3CCCO3)C(C)C)c(=O)[nH]c2cc1C. The van der Waals surface area contributed by atoms with Crippen molar-refractivity contribution in [2.75, 3.05) is 6.61 Å². The summed E-state index contributed by atoms with van der Waals surface area (Å²) in [5.74, 6) is 1.17. The molecule has 0 amide bonds. The van der Waals surface area contributed by atoms with Crippen LogP contribution in [0.1, 0.15) is 87.3 Å². The smallest absolute Gasteiger partial charge is 0.252 e. The molecule has 2 atom stereocenters. The average molecular weight is 493 g/mol. The van der Waals surface area contributed by atoms with Gasteiger partial charge in [-0.1, -0.05) is 33.1 Å². The number of hydrogen-bond acceptors (Lipinski definition) is 6. The highest BCUT2D eigenvalue weighted by molar-refractivity contribution is 5.80. The molecule has 1 aliphatic carbocycles. The van der Waals surface area contributed by atoms with Crippen LogP contribution in [-0.2, 0) is 17.8 Å². The average Bonchev–Trinajstić information content (AvgIpc) is 3.53. The van der Waals surface area contributed by atoms with Gasteiger partial charge in [0.15, 0.2) is 5.82 Å². The van der Waals surface area contributed by atoms with Gasteiger partial charge < -0.3 is 9.72 Å². The highest BCUT2D eigenvalue weighted by Gasteiger charge is 2.35. The molecule has 1 aliphatic heterocycles. The Kier molecular flexibility index (Phi) is 7.53. The van der Waals surface area contributed by atoms with E-state index in [1.165, 1.54) is 30.4 Å². The number of tetrazole rings is 1. The Morgan fingerprint density at radius 3 is 2.58 bits per heavy atom. The second kappa shape index (κ2) is 10.8.